The first-order valence-electron chi connectivity index (χ1n) is 9.25. The van der Waals surface area contributed by atoms with Gasteiger partial charge in [0, 0.05) is 32.7 Å². The predicted octanol–water partition coefficient (Wildman–Crippen LogP) is 2.37. The third-order valence-electron chi connectivity index (χ3n) is 4.74. The summed E-state index contributed by atoms with van der Waals surface area (Å²) in [5.41, 5.74) is 1.33. The molecule has 1 N–H and O–H groups in total. The zero-order chi connectivity index (χ0) is 18.7. The number of halogens is 1. The zero-order valence-corrected chi connectivity index (χ0v) is 15.7. The molecule has 2 fully saturated rings. The molecule has 3 atom stereocenters. The normalized spacial score (nSPS) is 26.7. The van der Waals surface area contributed by atoms with E-state index in [-0.39, 0.29) is 30.2 Å². The lowest BCUT2D eigenvalue weighted by Crippen LogP contribution is -2.48. The smallest absolute Gasteiger partial charge is 0.317 e. The minimum atomic E-state index is -0.266. The Labute approximate surface area is 154 Å². The molecule has 2 aliphatic heterocycles. The molecule has 1 aromatic rings. The van der Waals surface area contributed by atoms with E-state index in [1.807, 2.05) is 31.7 Å². The van der Waals surface area contributed by atoms with E-state index in [0.29, 0.717) is 45.0 Å². The summed E-state index contributed by atoms with van der Waals surface area (Å²) < 4.78 is 25.7. The Morgan fingerprint density at radius 2 is 1.92 bits per heavy atom. The second-order valence-electron chi connectivity index (χ2n) is 7.23. The van der Waals surface area contributed by atoms with Gasteiger partial charge in [0.25, 0.3) is 0 Å². The SMILES string of the molecule is C[C@@H]1CN(C(=O)NCc2ccc(N3C[C@@H](C)O[C@H](C)C3)c(F)c2)CCO1. The van der Waals surface area contributed by atoms with E-state index < -0.39 is 0 Å². The summed E-state index contributed by atoms with van der Waals surface area (Å²) in [6.45, 7) is 9.29. The van der Waals surface area contributed by atoms with Crippen LogP contribution in [0.1, 0.15) is 26.3 Å². The number of carbonyl (C=O) groups is 1. The van der Waals surface area contributed by atoms with Crippen LogP contribution in [0.3, 0.4) is 0 Å². The number of urea groups is 1. The summed E-state index contributed by atoms with van der Waals surface area (Å²) in [5.74, 6) is -0.266. The second kappa shape index (κ2) is 8.22. The van der Waals surface area contributed by atoms with Crippen LogP contribution in [0.5, 0.6) is 0 Å². The Morgan fingerprint density at radius 1 is 1.19 bits per heavy atom. The fourth-order valence-electron chi connectivity index (χ4n) is 3.58. The van der Waals surface area contributed by atoms with Gasteiger partial charge in [-0.2, -0.15) is 0 Å². The highest BCUT2D eigenvalue weighted by atomic mass is 19.1. The Bertz CT molecular complexity index is 632. The molecule has 2 amide bonds. The Hall–Kier alpha value is -1.86. The van der Waals surface area contributed by atoms with Crippen LogP contribution in [0.25, 0.3) is 0 Å². The zero-order valence-electron chi connectivity index (χ0n) is 15.7. The number of rotatable bonds is 3. The first-order chi connectivity index (χ1) is 12.4. The molecular weight excluding hydrogens is 337 g/mol. The Morgan fingerprint density at radius 3 is 2.58 bits per heavy atom. The van der Waals surface area contributed by atoms with E-state index in [4.69, 9.17) is 9.47 Å². The van der Waals surface area contributed by atoms with Crippen LogP contribution >= 0.6 is 0 Å². The van der Waals surface area contributed by atoms with Crippen LogP contribution in [0.15, 0.2) is 18.2 Å². The minimum absolute atomic E-state index is 0.0459. The summed E-state index contributed by atoms with van der Waals surface area (Å²) in [6.07, 6.45) is 0.200. The molecule has 0 radical (unpaired) electrons. The van der Waals surface area contributed by atoms with Crippen molar-refractivity contribution in [3.05, 3.63) is 29.6 Å². The van der Waals surface area contributed by atoms with Crippen LogP contribution < -0.4 is 10.2 Å². The molecule has 6 nitrogen and oxygen atoms in total. The van der Waals surface area contributed by atoms with Gasteiger partial charge in [0.15, 0.2) is 0 Å². The van der Waals surface area contributed by atoms with Gasteiger partial charge in [-0.3, -0.25) is 0 Å². The molecule has 0 bridgehead atoms. The second-order valence-corrected chi connectivity index (χ2v) is 7.23. The molecule has 7 heteroatoms. The summed E-state index contributed by atoms with van der Waals surface area (Å²) in [7, 11) is 0. The maximum absolute atomic E-state index is 14.6. The number of carbonyl (C=O) groups excluding carboxylic acids is 1. The highest BCUT2D eigenvalue weighted by Gasteiger charge is 2.24. The van der Waals surface area contributed by atoms with Gasteiger partial charge in [0.05, 0.1) is 30.6 Å². The number of hydrogen-bond acceptors (Lipinski definition) is 4. The summed E-state index contributed by atoms with van der Waals surface area (Å²) in [4.78, 5) is 16.0. The highest BCUT2D eigenvalue weighted by Crippen LogP contribution is 2.24. The maximum atomic E-state index is 14.6. The van der Waals surface area contributed by atoms with Crippen molar-refractivity contribution < 1.29 is 18.7 Å². The van der Waals surface area contributed by atoms with Gasteiger partial charge in [0.1, 0.15) is 5.82 Å². The van der Waals surface area contributed by atoms with Crippen molar-refractivity contribution in [3.8, 4) is 0 Å². The number of amides is 2. The van der Waals surface area contributed by atoms with Gasteiger partial charge in [-0.1, -0.05) is 6.07 Å². The molecule has 144 valence electrons. The molecule has 2 aliphatic rings. The van der Waals surface area contributed by atoms with E-state index >= 15 is 0 Å². The van der Waals surface area contributed by atoms with Gasteiger partial charge >= 0.3 is 6.03 Å². The monoisotopic (exact) mass is 365 g/mol. The fourth-order valence-corrected chi connectivity index (χ4v) is 3.58. The molecule has 0 spiro atoms. The van der Waals surface area contributed by atoms with E-state index in [9.17, 15) is 9.18 Å². The third-order valence-corrected chi connectivity index (χ3v) is 4.74. The molecule has 26 heavy (non-hydrogen) atoms. The average molecular weight is 365 g/mol. The largest absolute Gasteiger partial charge is 0.375 e. The van der Waals surface area contributed by atoms with E-state index in [0.717, 1.165) is 5.56 Å². The van der Waals surface area contributed by atoms with E-state index in [1.54, 1.807) is 11.0 Å². The number of anilines is 1. The van der Waals surface area contributed by atoms with Crippen molar-refractivity contribution in [3.63, 3.8) is 0 Å². The minimum Gasteiger partial charge on any atom is -0.375 e. The molecule has 1 aromatic carbocycles. The summed E-state index contributed by atoms with van der Waals surface area (Å²) in [6, 6.07) is 5.02. The van der Waals surface area contributed by atoms with Crippen molar-refractivity contribution in [2.75, 3.05) is 37.7 Å². The van der Waals surface area contributed by atoms with Crippen LogP contribution in [-0.4, -0.2) is 62.0 Å². The van der Waals surface area contributed by atoms with Crippen molar-refractivity contribution in [2.45, 2.75) is 45.6 Å². The van der Waals surface area contributed by atoms with Crippen molar-refractivity contribution in [1.82, 2.24) is 10.2 Å². The topological polar surface area (TPSA) is 54.0 Å². The number of ether oxygens (including phenoxy) is 2. The number of morpholine rings is 2. The molecular formula is C19H28FN3O3. The van der Waals surface area contributed by atoms with Gasteiger partial charge < -0.3 is 24.6 Å². The molecule has 0 unspecified atom stereocenters. The molecule has 2 saturated heterocycles. The van der Waals surface area contributed by atoms with Gasteiger partial charge in [0.2, 0.25) is 0 Å². The van der Waals surface area contributed by atoms with Gasteiger partial charge in [-0.15, -0.1) is 0 Å². The first kappa shape index (κ1) is 18.9. The lowest BCUT2D eigenvalue weighted by atomic mass is 10.1. The van der Waals surface area contributed by atoms with E-state index in [2.05, 4.69) is 5.32 Å². The predicted molar refractivity (Wildman–Crippen MR) is 97.8 cm³/mol. The van der Waals surface area contributed by atoms with Gasteiger partial charge in [-0.25, -0.2) is 9.18 Å². The lowest BCUT2D eigenvalue weighted by molar-refractivity contribution is -0.00539. The average Bonchev–Trinajstić information content (AvgIpc) is 2.59. The third kappa shape index (κ3) is 4.65. The van der Waals surface area contributed by atoms with Crippen molar-refractivity contribution in [2.24, 2.45) is 0 Å². The highest BCUT2D eigenvalue weighted by molar-refractivity contribution is 5.74. The van der Waals surface area contributed by atoms with Crippen molar-refractivity contribution in [1.29, 1.82) is 0 Å². The maximum Gasteiger partial charge on any atom is 0.317 e. The van der Waals surface area contributed by atoms with Crippen LogP contribution in [0.2, 0.25) is 0 Å². The standard InChI is InChI=1S/C19H28FN3O3/c1-13-10-22(6-7-25-13)19(24)21-9-16-4-5-18(17(20)8-16)23-11-14(2)26-15(3)12-23/h4-5,8,13-15H,6-7,9-12H2,1-3H3,(H,21,24)/t13-,14-,15-/m1/s1. The summed E-state index contributed by atoms with van der Waals surface area (Å²) >= 11 is 0. The van der Waals surface area contributed by atoms with Gasteiger partial charge in [-0.05, 0) is 38.5 Å². The van der Waals surface area contributed by atoms with Crippen molar-refractivity contribution >= 4 is 11.7 Å². The summed E-state index contributed by atoms with van der Waals surface area (Å²) in [5, 5.41) is 2.86. The lowest BCUT2D eigenvalue weighted by Gasteiger charge is -2.37. The number of nitrogens with zero attached hydrogens (tertiary/aromatic N) is 2. The molecule has 3 rings (SSSR count). The Balaban J connectivity index is 1.58. The van der Waals surface area contributed by atoms with Crippen LogP contribution in [0, 0.1) is 5.82 Å². The number of hydrogen-bond donors (Lipinski definition) is 1. The van der Waals surface area contributed by atoms with E-state index in [1.165, 1.54) is 6.07 Å². The molecule has 0 aromatic heterocycles. The Kier molecular flexibility index (Phi) is 5.98. The fraction of sp³-hybridized carbons (Fsp3) is 0.632. The molecule has 0 aliphatic carbocycles. The van der Waals surface area contributed by atoms with Crippen LogP contribution in [-0.2, 0) is 16.0 Å². The quantitative estimate of drug-likeness (QED) is 0.894. The number of nitrogens with one attached hydrogen (secondary N) is 1. The molecule has 2 heterocycles. The van der Waals surface area contributed by atoms with Crippen LogP contribution in [0.4, 0.5) is 14.9 Å². The first-order valence-corrected chi connectivity index (χ1v) is 9.25. The number of benzene rings is 1. The molecule has 0 saturated carbocycles.